The van der Waals surface area contributed by atoms with Crippen molar-refractivity contribution < 1.29 is 4.57 Å². The molecular formula is C22H35N2+. The van der Waals surface area contributed by atoms with Gasteiger partial charge in [0.05, 0.1) is 13.1 Å². The zero-order chi connectivity index (χ0) is 17.0. The van der Waals surface area contributed by atoms with Crippen LogP contribution in [0.2, 0.25) is 0 Å². The fourth-order valence-electron chi connectivity index (χ4n) is 3.35. The standard InChI is InChI=1S/C22H35N2/c1-3-4-5-6-7-8-12-17-23-19-20-24(21(23)2)18-13-16-22-14-10-9-11-15-22/h9-11,14-15,19-20H,3-8,12-13,16-18H2,1-2H3/q+1. The lowest BCUT2D eigenvalue weighted by molar-refractivity contribution is -0.702. The Hall–Kier alpha value is -1.57. The number of hydrogen-bond donors (Lipinski definition) is 0. The summed E-state index contributed by atoms with van der Waals surface area (Å²) in [6.45, 7) is 6.82. The van der Waals surface area contributed by atoms with Crippen molar-refractivity contribution in [1.29, 1.82) is 0 Å². The van der Waals surface area contributed by atoms with E-state index in [4.69, 9.17) is 0 Å². The van der Waals surface area contributed by atoms with Crippen molar-refractivity contribution in [2.75, 3.05) is 0 Å². The zero-order valence-electron chi connectivity index (χ0n) is 15.7. The Kier molecular flexibility index (Phi) is 8.65. The van der Waals surface area contributed by atoms with Crippen LogP contribution < -0.4 is 4.57 Å². The summed E-state index contributed by atoms with van der Waals surface area (Å²) in [5, 5.41) is 0. The molecule has 1 heterocycles. The Morgan fingerprint density at radius 1 is 0.875 bits per heavy atom. The molecule has 0 spiro atoms. The molecule has 0 radical (unpaired) electrons. The molecule has 0 aliphatic carbocycles. The van der Waals surface area contributed by atoms with Crippen LogP contribution >= 0.6 is 0 Å². The van der Waals surface area contributed by atoms with Crippen molar-refractivity contribution in [3.63, 3.8) is 0 Å². The van der Waals surface area contributed by atoms with E-state index >= 15 is 0 Å². The van der Waals surface area contributed by atoms with E-state index in [9.17, 15) is 0 Å². The number of aromatic nitrogens is 2. The molecule has 0 bridgehead atoms. The first-order chi connectivity index (χ1) is 11.8. The van der Waals surface area contributed by atoms with Crippen molar-refractivity contribution in [3.05, 3.63) is 54.1 Å². The van der Waals surface area contributed by atoms with E-state index in [1.165, 1.54) is 69.3 Å². The summed E-state index contributed by atoms with van der Waals surface area (Å²) in [6, 6.07) is 10.8. The molecule has 2 nitrogen and oxygen atoms in total. The average Bonchev–Trinajstić information content (AvgIpc) is 2.95. The van der Waals surface area contributed by atoms with Gasteiger partial charge in [-0.05, 0) is 31.2 Å². The fraction of sp³-hybridized carbons (Fsp3) is 0.591. The minimum Gasteiger partial charge on any atom is -0.234 e. The Morgan fingerprint density at radius 3 is 2.33 bits per heavy atom. The van der Waals surface area contributed by atoms with Gasteiger partial charge in [0, 0.05) is 6.92 Å². The average molecular weight is 328 g/mol. The van der Waals surface area contributed by atoms with E-state index in [-0.39, 0.29) is 0 Å². The maximum atomic E-state index is 2.43. The van der Waals surface area contributed by atoms with Crippen LogP contribution in [0.15, 0.2) is 42.7 Å². The lowest BCUT2D eigenvalue weighted by atomic mass is 10.1. The third-order valence-corrected chi connectivity index (χ3v) is 4.97. The maximum absolute atomic E-state index is 2.43. The SMILES string of the molecule is CCCCCCCCCn1cc[n+](CCCc2ccccc2)c1C. The molecule has 0 atom stereocenters. The fourth-order valence-corrected chi connectivity index (χ4v) is 3.35. The predicted molar refractivity (Wildman–Crippen MR) is 102 cm³/mol. The highest BCUT2D eigenvalue weighted by molar-refractivity contribution is 5.14. The summed E-state index contributed by atoms with van der Waals surface area (Å²) in [7, 11) is 0. The van der Waals surface area contributed by atoms with Gasteiger partial charge >= 0.3 is 0 Å². The summed E-state index contributed by atoms with van der Waals surface area (Å²) < 4.78 is 4.83. The van der Waals surface area contributed by atoms with Crippen LogP contribution in [0, 0.1) is 6.92 Å². The Labute approximate surface area is 148 Å². The van der Waals surface area contributed by atoms with E-state index in [0.29, 0.717) is 0 Å². The molecule has 0 amide bonds. The van der Waals surface area contributed by atoms with Gasteiger partial charge in [-0.15, -0.1) is 0 Å². The van der Waals surface area contributed by atoms with Crippen LogP contribution in [0.25, 0.3) is 0 Å². The summed E-state index contributed by atoms with van der Waals surface area (Å²) in [5.74, 6) is 1.40. The molecule has 24 heavy (non-hydrogen) atoms. The maximum Gasteiger partial charge on any atom is 0.253 e. The lowest BCUT2D eigenvalue weighted by Crippen LogP contribution is -2.35. The summed E-state index contributed by atoms with van der Waals surface area (Å²) >= 11 is 0. The summed E-state index contributed by atoms with van der Waals surface area (Å²) in [4.78, 5) is 0. The van der Waals surface area contributed by atoms with E-state index in [0.717, 1.165) is 13.0 Å². The quantitative estimate of drug-likeness (QED) is 0.361. The number of unbranched alkanes of at least 4 members (excludes halogenated alkanes) is 6. The molecule has 132 valence electrons. The van der Waals surface area contributed by atoms with Crippen molar-refractivity contribution >= 4 is 0 Å². The molecule has 0 saturated heterocycles. The highest BCUT2D eigenvalue weighted by atomic mass is 15.1. The van der Waals surface area contributed by atoms with E-state index in [1.807, 2.05) is 0 Å². The molecule has 1 aromatic heterocycles. The van der Waals surface area contributed by atoms with Gasteiger partial charge in [-0.1, -0.05) is 69.4 Å². The Morgan fingerprint density at radius 2 is 1.58 bits per heavy atom. The molecule has 0 N–H and O–H groups in total. The topological polar surface area (TPSA) is 8.81 Å². The second kappa shape index (κ2) is 11.1. The third kappa shape index (κ3) is 6.51. The number of benzene rings is 1. The van der Waals surface area contributed by atoms with Crippen LogP contribution in [-0.4, -0.2) is 4.57 Å². The largest absolute Gasteiger partial charge is 0.253 e. The molecular weight excluding hydrogens is 292 g/mol. The minimum atomic E-state index is 1.12. The van der Waals surface area contributed by atoms with Crippen LogP contribution in [0.4, 0.5) is 0 Å². The Balaban J connectivity index is 1.65. The monoisotopic (exact) mass is 327 g/mol. The van der Waals surface area contributed by atoms with Crippen molar-refractivity contribution in [3.8, 4) is 0 Å². The van der Waals surface area contributed by atoms with Crippen molar-refractivity contribution in [2.45, 2.75) is 84.7 Å². The molecule has 2 rings (SSSR count). The summed E-state index contributed by atoms with van der Waals surface area (Å²) in [6.07, 6.45) is 16.5. The number of hydrogen-bond acceptors (Lipinski definition) is 0. The van der Waals surface area contributed by atoms with Gasteiger partial charge < -0.3 is 0 Å². The summed E-state index contributed by atoms with van der Waals surface area (Å²) in [5.41, 5.74) is 1.44. The lowest BCUT2D eigenvalue weighted by Gasteiger charge is -2.03. The van der Waals surface area contributed by atoms with Gasteiger partial charge in [-0.25, -0.2) is 9.13 Å². The molecule has 0 unspecified atom stereocenters. The smallest absolute Gasteiger partial charge is 0.234 e. The third-order valence-electron chi connectivity index (χ3n) is 4.97. The van der Waals surface area contributed by atoms with E-state index < -0.39 is 0 Å². The van der Waals surface area contributed by atoms with Crippen LogP contribution in [0.5, 0.6) is 0 Å². The number of aryl methyl sites for hydroxylation is 3. The molecule has 0 aliphatic heterocycles. The highest BCUT2D eigenvalue weighted by Crippen LogP contribution is 2.08. The first-order valence-electron chi connectivity index (χ1n) is 9.90. The molecule has 2 aromatic rings. The number of nitrogens with zero attached hydrogens (tertiary/aromatic N) is 2. The molecule has 0 saturated carbocycles. The Bertz CT molecular complexity index is 557. The molecule has 0 aliphatic rings. The predicted octanol–water partition coefficient (Wildman–Crippen LogP) is 5.47. The molecule has 1 aromatic carbocycles. The first kappa shape index (κ1) is 18.8. The van der Waals surface area contributed by atoms with Gasteiger partial charge in [0.1, 0.15) is 12.4 Å². The number of imidazole rings is 1. The molecule has 2 heteroatoms. The molecule has 0 fully saturated rings. The second-order valence-corrected chi connectivity index (χ2v) is 6.94. The second-order valence-electron chi connectivity index (χ2n) is 6.94. The van der Waals surface area contributed by atoms with Gasteiger partial charge in [-0.2, -0.15) is 0 Å². The van der Waals surface area contributed by atoms with Crippen LogP contribution in [0.3, 0.4) is 0 Å². The highest BCUT2D eigenvalue weighted by Gasteiger charge is 2.11. The van der Waals surface area contributed by atoms with Gasteiger partial charge in [0.15, 0.2) is 0 Å². The minimum absolute atomic E-state index is 1.12. The van der Waals surface area contributed by atoms with Crippen LogP contribution in [0.1, 0.15) is 69.7 Å². The van der Waals surface area contributed by atoms with Gasteiger partial charge in [-0.3, -0.25) is 0 Å². The number of rotatable bonds is 12. The van der Waals surface area contributed by atoms with Crippen molar-refractivity contribution in [1.82, 2.24) is 4.57 Å². The van der Waals surface area contributed by atoms with Gasteiger partial charge in [0.2, 0.25) is 0 Å². The first-order valence-corrected chi connectivity index (χ1v) is 9.90. The van der Waals surface area contributed by atoms with Crippen LogP contribution in [-0.2, 0) is 19.5 Å². The van der Waals surface area contributed by atoms with Crippen molar-refractivity contribution in [2.24, 2.45) is 0 Å². The van der Waals surface area contributed by atoms with Gasteiger partial charge in [0.25, 0.3) is 5.82 Å². The van der Waals surface area contributed by atoms with E-state index in [1.54, 1.807) is 0 Å². The normalized spacial score (nSPS) is 11.1. The zero-order valence-corrected chi connectivity index (χ0v) is 15.7. The van der Waals surface area contributed by atoms with E-state index in [2.05, 4.69) is 65.7 Å².